The minimum Gasteiger partial charge on any atom is -0.492 e. The van der Waals surface area contributed by atoms with Crippen molar-refractivity contribution in [1.82, 2.24) is 4.98 Å². The number of para-hydroxylation sites is 1. The van der Waals surface area contributed by atoms with Gasteiger partial charge in [-0.25, -0.2) is 0 Å². The van der Waals surface area contributed by atoms with Crippen LogP contribution in [-0.4, -0.2) is 22.1 Å². The lowest BCUT2D eigenvalue weighted by Gasteiger charge is -2.03. The van der Waals surface area contributed by atoms with Crippen molar-refractivity contribution in [3.05, 3.63) is 64.5 Å². The Morgan fingerprint density at radius 2 is 2.04 bits per heavy atom. The van der Waals surface area contributed by atoms with Gasteiger partial charge in [-0.3, -0.25) is 9.79 Å². The summed E-state index contributed by atoms with van der Waals surface area (Å²) in [7, 11) is 0. The van der Waals surface area contributed by atoms with Crippen molar-refractivity contribution in [3.63, 3.8) is 0 Å². The molecule has 3 aromatic rings. The van der Waals surface area contributed by atoms with Crippen LogP contribution >= 0.6 is 11.3 Å². The van der Waals surface area contributed by atoms with Crippen molar-refractivity contribution in [2.75, 3.05) is 5.32 Å². The second-order valence-electron chi connectivity index (χ2n) is 5.84. The van der Waals surface area contributed by atoms with Gasteiger partial charge in [0.1, 0.15) is 0 Å². The molecule has 2 aromatic carbocycles. The third-order valence-electron chi connectivity index (χ3n) is 4.00. The minimum absolute atomic E-state index is 0.000226. The number of allylic oxidation sites excluding steroid dienone is 1. The van der Waals surface area contributed by atoms with E-state index in [1.807, 2.05) is 36.4 Å². The van der Waals surface area contributed by atoms with Crippen molar-refractivity contribution in [2.24, 2.45) is 4.99 Å². The summed E-state index contributed by atoms with van der Waals surface area (Å²) in [6, 6.07) is 15.0. The number of nitrogens with one attached hydrogen (secondary N) is 1. The Balaban J connectivity index is 1.61. The highest BCUT2D eigenvalue weighted by atomic mass is 32.1. The van der Waals surface area contributed by atoms with E-state index in [4.69, 9.17) is 0 Å². The summed E-state index contributed by atoms with van der Waals surface area (Å²) in [5.41, 5.74) is 4.26. The molecule has 0 aliphatic carbocycles. The number of nitrogens with zero attached hydrogens (tertiary/aromatic N) is 2. The van der Waals surface area contributed by atoms with Crippen LogP contribution in [0.4, 0.5) is 16.5 Å². The number of ketones is 1. The van der Waals surface area contributed by atoms with Gasteiger partial charge in [-0.05, 0) is 31.2 Å². The molecule has 0 unspecified atom stereocenters. The van der Waals surface area contributed by atoms with Crippen molar-refractivity contribution in [2.45, 2.75) is 6.92 Å². The largest absolute Gasteiger partial charge is 0.492 e. The van der Waals surface area contributed by atoms with E-state index >= 15 is 0 Å². The van der Waals surface area contributed by atoms with Crippen molar-refractivity contribution in [3.8, 4) is 5.88 Å². The SMILES string of the molecule is CC(=O)c1cccc(Nc2nc(O)c(/C=C3\C=Nc4ccccc43)s2)c1. The van der Waals surface area contributed by atoms with Gasteiger partial charge in [0.15, 0.2) is 10.9 Å². The molecule has 0 spiro atoms. The summed E-state index contributed by atoms with van der Waals surface area (Å²) in [5.74, 6) is -0.0363. The molecular formula is C20H15N3O2S. The molecule has 0 atom stereocenters. The lowest BCUT2D eigenvalue weighted by Crippen LogP contribution is -1.94. The summed E-state index contributed by atoms with van der Waals surface area (Å²) in [6.07, 6.45) is 3.66. The molecule has 0 radical (unpaired) electrons. The highest BCUT2D eigenvalue weighted by Gasteiger charge is 2.14. The number of carbonyl (C=O) groups excluding carboxylic acids is 1. The monoisotopic (exact) mass is 361 g/mol. The zero-order valence-electron chi connectivity index (χ0n) is 13.9. The van der Waals surface area contributed by atoms with Crippen LogP contribution in [0.2, 0.25) is 0 Å². The van der Waals surface area contributed by atoms with Crippen LogP contribution in [0.25, 0.3) is 11.6 Å². The van der Waals surface area contributed by atoms with E-state index in [-0.39, 0.29) is 11.7 Å². The van der Waals surface area contributed by atoms with E-state index in [0.29, 0.717) is 15.6 Å². The van der Waals surface area contributed by atoms with E-state index in [1.54, 1.807) is 24.4 Å². The molecule has 1 aliphatic rings. The summed E-state index contributed by atoms with van der Waals surface area (Å²) >= 11 is 1.33. The van der Waals surface area contributed by atoms with E-state index in [1.165, 1.54) is 18.3 Å². The fourth-order valence-corrected chi connectivity index (χ4v) is 3.54. The molecule has 2 N–H and O–H groups in total. The number of benzene rings is 2. The lowest BCUT2D eigenvalue weighted by molar-refractivity contribution is 0.101. The van der Waals surface area contributed by atoms with Crippen LogP contribution in [0, 0.1) is 0 Å². The number of aromatic nitrogens is 1. The Kier molecular flexibility index (Phi) is 4.10. The van der Waals surface area contributed by atoms with Gasteiger partial charge in [0.25, 0.3) is 0 Å². The molecular weight excluding hydrogens is 346 g/mol. The van der Waals surface area contributed by atoms with Gasteiger partial charge in [-0.15, -0.1) is 0 Å². The molecule has 0 saturated carbocycles. The standard InChI is InChI=1S/C20H15N3O2S/c1-12(24)13-5-4-6-15(9-13)22-20-23-19(25)18(26-20)10-14-11-21-17-8-3-2-7-16(14)17/h2-11,25H,1H3,(H,22,23)/b14-10+. The average molecular weight is 361 g/mol. The van der Waals surface area contributed by atoms with Crippen molar-refractivity contribution < 1.29 is 9.90 Å². The molecule has 5 nitrogen and oxygen atoms in total. The third-order valence-corrected chi connectivity index (χ3v) is 4.91. The van der Waals surface area contributed by atoms with Crippen LogP contribution < -0.4 is 5.32 Å². The fraction of sp³-hybridized carbons (Fsp3) is 0.0500. The zero-order valence-corrected chi connectivity index (χ0v) is 14.7. The number of hydrogen-bond donors (Lipinski definition) is 2. The number of aliphatic imine (C=N–C) groups is 1. The Hall–Kier alpha value is -3.25. The molecule has 0 bridgehead atoms. The van der Waals surface area contributed by atoms with E-state index < -0.39 is 0 Å². The van der Waals surface area contributed by atoms with E-state index in [9.17, 15) is 9.90 Å². The second-order valence-corrected chi connectivity index (χ2v) is 6.87. The van der Waals surface area contributed by atoms with Gasteiger partial charge in [0.2, 0.25) is 5.88 Å². The molecule has 0 amide bonds. The zero-order chi connectivity index (χ0) is 18.1. The Labute approximate surface area is 154 Å². The fourth-order valence-electron chi connectivity index (χ4n) is 2.71. The summed E-state index contributed by atoms with van der Waals surface area (Å²) in [4.78, 5) is 20.7. The molecule has 1 aliphatic heterocycles. The van der Waals surface area contributed by atoms with Crippen LogP contribution in [-0.2, 0) is 0 Å². The van der Waals surface area contributed by atoms with Gasteiger partial charge in [-0.1, -0.05) is 41.7 Å². The van der Waals surface area contributed by atoms with E-state index in [2.05, 4.69) is 15.3 Å². The Morgan fingerprint density at radius 1 is 1.19 bits per heavy atom. The molecule has 1 aromatic heterocycles. The predicted molar refractivity (Wildman–Crippen MR) is 106 cm³/mol. The minimum atomic E-state index is -0.0366. The third kappa shape index (κ3) is 3.14. The van der Waals surface area contributed by atoms with Gasteiger partial charge in [0.05, 0.1) is 10.6 Å². The van der Waals surface area contributed by atoms with Gasteiger partial charge in [-0.2, -0.15) is 4.98 Å². The van der Waals surface area contributed by atoms with E-state index in [0.717, 1.165) is 22.5 Å². The lowest BCUT2D eigenvalue weighted by atomic mass is 10.1. The Morgan fingerprint density at radius 3 is 2.88 bits per heavy atom. The van der Waals surface area contributed by atoms with Crippen molar-refractivity contribution >= 4 is 51.5 Å². The topological polar surface area (TPSA) is 74.6 Å². The van der Waals surface area contributed by atoms with Gasteiger partial charge in [0, 0.05) is 28.6 Å². The molecule has 128 valence electrons. The normalized spacial score (nSPS) is 13.8. The number of thiazole rings is 1. The predicted octanol–water partition coefficient (Wildman–Crippen LogP) is 5.05. The molecule has 26 heavy (non-hydrogen) atoms. The number of Topliss-reactive ketones (excluding diaryl/α,β-unsaturated/α-hetero) is 1. The molecule has 4 rings (SSSR count). The first-order chi connectivity index (χ1) is 12.6. The highest BCUT2D eigenvalue weighted by molar-refractivity contribution is 7.16. The van der Waals surface area contributed by atoms with Crippen LogP contribution in [0.5, 0.6) is 5.88 Å². The highest BCUT2D eigenvalue weighted by Crippen LogP contribution is 2.37. The first-order valence-corrected chi connectivity index (χ1v) is 8.85. The number of anilines is 2. The summed E-state index contributed by atoms with van der Waals surface area (Å²) in [6.45, 7) is 1.53. The quantitative estimate of drug-likeness (QED) is 0.638. The maximum Gasteiger partial charge on any atom is 0.231 e. The summed E-state index contributed by atoms with van der Waals surface area (Å²) in [5, 5.41) is 13.9. The maximum absolute atomic E-state index is 11.5. The van der Waals surface area contributed by atoms with Crippen LogP contribution in [0.1, 0.15) is 27.7 Å². The number of rotatable bonds is 4. The van der Waals surface area contributed by atoms with Crippen LogP contribution in [0.15, 0.2) is 53.5 Å². The first-order valence-electron chi connectivity index (χ1n) is 8.03. The molecule has 2 heterocycles. The van der Waals surface area contributed by atoms with Crippen LogP contribution in [0.3, 0.4) is 0 Å². The first kappa shape index (κ1) is 16.2. The number of aromatic hydroxyl groups is 1. The average Bonchev–Trinajstić information content (AvgIpc) is 3.19. The number of hydrogen-bond acceptors (Lipinski definition) is 6. The molecule has 6 heteroatoms. The number of carbonyl (C=O) groups is 1. The molecule has 0 fully saturated rings. The summed E-state index contributed by atoms with van der Waals surface area (Å²) < 4.78 is 0. The maximum atomic E-state index is 11.5. The smallest absolute Gasteiger partial charge is 0.231 e. The van der Waals surface area contributed by atoms with Gasteiger partial charge >= 0.3 is 0 Å². The number of fused-ring (bicyclic) bond motifs is 1. The second kappa shape index (κ2) is 6.57. The Bertz CT molecular complexity index is 1070. The molecule has 0 saturated heterocycles. The van der Waals surface area contributed by atoms with Gasteiger partial charge < -0.3 is 10.4 Å². The van der Waals surface area contributed by atoms with Crippen molar-refractivity contribution in [1.29, 1.82) is 0 Å².